The Kier molecular flexibility index (Phi) is 6.03. The van der Waals surface area contributed by atoms with Crippen LogP contribution in [-0.4, -0.2) is 23.4 Å². The molecule has 0 saturated carbocycles. The van der Waals surface area contributed by atoms with Gasteiger partial charge in [-0.25, -0.2) is 9.18 Å². The minimum absolute atomic E-state index is 0.0752. The molecule has 2 N–H and O–H groups in total. The van der Waals surface area contributed by atoms with Crippen molar-refractivity contribution in [1.29, 1.82) is 0 Å². The van der Waals surface area contributed by atoms with Gasteiger partial charge in [0.1, 0.15) is 11.4 Å². The molecule has 0 aliphatic carbocycles. The van der Waals surface area contributed by atoms with Gasteiger partial charge >= 0.3 is 6.09 Å². The molecule has 7 heteroatoms. The molecule has 0 radical (unpaired) electrons. The Labute approximate surface area is 171 Å². The Bertz CT molecular complexity index is 874. The van der Waals surface area contributed by atoms with Gasteiger partial charge in [0, 0.05) is 30.3 Å². The van der Waals surface area contributed by atoms with Crippen molar-refractivity contribution in [3.63, 3.8) is 0 Å². The van der Waals surface area contributed by atoms with Gasteiger partial charge in [-0.05, 0) is 42.3 Å². The summed E-state index contributed by atoms with van der Waals surface area (Å²) in [4.78, 5) is 25.9. The average Bonchev–Trinajstić information content (AvgIpc) is 2.66. The number of benzene rings is 2. The van der Waals surface area contributed by atoms with E-state index in [1.807, 2.05) is 31.2 Å². The van der Waals surface area contributed by atoms with Crippen LogP contribution in [-0.2, 0) is 15.1 Å². The molecule has 1 saturated heterocycles. The first-order valence-electron chi connectivity index (χ1n) is 9.10. The second-order valence-corrected chi connectivity index (χ2v) is 7.93. The van der Waals surface area contributed by atoms with Crippen molar-refractivity contribution < 1.29 is 18.7 Å². The Balaban J connectivity index is 1.84. The number of rotatable bonds is 6. The molecule has 1 fully saturated rings. The fourth-order valence-corrected chi connectivity index (χ4v) is 3.99. The van der Waals surface area contributed by atoms with Gasteiger partial charge in [0.2, 0.25) is 5.91 Å². The maximum atomic E-state index is 13.4. The highest BCUT2D eigenvalue weighted by molar-refractivity contribution is 9.10. The third-order valence-corrected chi connectivity index (χ3v) is 5.71. The summed E-state index contributed by atoms with van der Waals surface area (Å²) in [5.74, 6) is -0.844. The van der Waals surface area contributed by atoms with Gasteiger partial charge in [0.05, 0.1) is 6.04 Å². The van der Waals surface area contributed by atoms with E-state index in [4.69, 9.17) is 10.5 Å². The molecule has 148 valence electrons. The predicted octanol–water partition coefficient (Wildman–Crippen LogP) is 4.65. The van der Waals surface area contributed by atoms with Crippen molar-refractivity contribution >= 4 is 27.9 Å². The normalized spacial score (nSPS) is 20.5. The molecule has 0 aromatic heterocycles. The molecule has 3 rings (SSSR count). The summed E-state index contributed by atoms with van der Waals surface area (Å²) in [6.07, 6.45) is 0.355. The molecule has 1 heterocycles. The molecular weight excluding hydrogens is 427 g/mol. The van der Waals surface area contributed by atoms with Crippen LogP contribution in [0, 0.1) is 5.82 Å². The summed E-state index contributed by atoms with van der Waals surface area (Å²) in [7, 11) is 0. The lowest BCUT2D eigenvalue weighted by molar-refractivity contribution is -0.121. The number of primary amides is 1. The molecule has 2 atom stereocenters. The van der Waals surface area contributed by atoms with E-state index in [1.165, 1.54) is 12.1 Å². The second-order valence-electron chi connectivity index (χ2n) is 7.01. The molecule has 2 amide bonds. The summed E-state index contributed by atoms with van der Waals surface area (Å²) in [6, 6.07) is 13.4. The number of halogens is 2. The molecule has 2 aromatic carbocycles. The maximum absolute atomic E-state index is 13.4. The number of ether oxygens (including phenoxy) is 1. The minimum atomic E-state index is -0.993. The molecule has 0 bridgehead atoms. The predicted molar refractivity (Wildman–Crippen MR) is 107 cm³/mol. The van der Waals surface area contributed by atoms with Crippen LogP contribution < -0.4 is 5.73 Å². The van der Waals surface area contributed by atoms with Crippen LogP contribution in [0.5, 0.6) is 0 Å². The SMILES string of the molecule is C[C@@H](c1cccc(Br)c1)N1CCC(CCC(N)=O)(c2ccc(F)cc2)OC1=O. The number of nitrogens with two attached hydrogens (primary N) is 1. The highest BCUT2D eigenvalue weighted by Gasteiger charge is 2.43. The van der Waals surface area contributed by atoms with E-state index in [0.717, 1.165) is 10.0 Å². The fourth-order valence-electron chi connectivity index (χ4n) is 3.57. The molecule has 0 spiro atoms. The van der Waals surface area contributed by atoms with Crippen molar-refractivity contribution in [2.45, 2.75) is 37.8 Å². The second kappa shape index (κ2) is 8.31. The average molecular weight is 449 g/mol. The van der Waals surface area contributed by atoms with E-state index in [-0.39, 0.29) is 24.7 Å². The van der Waals surface area contributed by atoms with E-state index < -0.39 is 17.6 Å². The summed E-state index contributed by atoms with van der Waals surface area (Å²) in [5.41, 5.74) is 5.97. The zero-order valence-electron chi connectivity index (χ0n) is 15.5. The van der Waals surface area contributed by atoms with Gasteiger partial charge in [-0.2, -0.15) is 0 Å². The molecule has 2 aromatic rings. The number of hydrogen-bond acceptors (Lipinski definition) is 3. The molecule has 1 unspecified atom stereocenters. The highest BCUT2D eigenvalue weighted by Crippen LogP contribution is 2.40. The van der Waals surface area contributed by atoms with E-state index in [0.29, 0.717) is 18.5 Å². The zero-order chi connectivity index (χ0) is 20.3. The number of nitrogens with zero attached hydrogens (tertiary/aromatic N) is 1. The van der Waals surface area contributed by atoms with Crippen molar-refractivity contribution in [2.75, 3.05) is 6.54 Å². The zero-order valence-corrected chi connectivity index (χ0v) is 17.1. The quantitative estimate of drug-likeness (QED) is 0.698. The summed E-state index contributed by atoms with van der Waals surface area (Å²) < 4.78 is 20.2. The number of amides is 2. The van der Waals surface area contributed by atoms with Crippen LogP contribution in [0.2, 0.25) is 0 Å². The molecule has 1 aliphatic rings. The van der Waals surface area contributed by atoms with Crippen LogP contribution in [0.25, 0.3) is 0 Å². The van der Waals surface area contributed by atoms with Crippen molar-refractivity contribution in [1.82, 2.24) is 4.90 Å². The Morgan fingerprint density at radius 2 is 2.04 bits per heavy atom. The van der Waals surface area contributed by atoms with Gasteiger partial charge < -0.3 is 15.4 Å². The molecule has 28 heavy (non-hydrogen) atoms. The van der Waals surface area contributed by atoms with Crippen LogP contribution in [0.4, 0.5) is 9.18 Å². The first-order valence-corrected chi connectivity index (χ1v) is 9.89. The van der Waals surface area contributed by atoms with Gasteiger partial charge in [-0.15, -0.1) is 0 Å². The monoisotopic (exact) mass is 448 g/mol. The largest absolute Gasteiger partial charge is 0.438 e. The highest BCUT2D eigenvalue weighted by atomic mass is 79.9. The van der Waals surface area contributed by atoms with Crippen molar-refractivity contribution in [3.05, 3.63) is 69.9 Å². The van der Waals surface area contributed by atoms with E-state index in [2.05, 4.69) is 15.9 Å². The molecule has 5 nitrogen and oxygen atoms in total. The lowest BCUT2D eigenvalue weighted by Gasteiger charge is -2.43. The summed E-state index contributed by atoms with van der Waals surface area (Å²) in [5, 5.41) is 0. The lowest BCUT2D eigenvalue weighted by atomic mass is 9.84. The Morgan fingerprint density at radius 1 is 1.32 bits per heavy atom. The van der Waals surface area contributed by atoms with Crippen LogP contribution in [0.3, 0.4) is 0 Å². The number of carbonyl (C=O) groups is 2. The van der Waals surface area contributed by atoms with Crippen LogP contribution in [0.1, 0.15) is 43.4 Å². The molecular formula is C21H22BrFN2O3. The van der Waals surface area contributed by atoms with Gasteiger partial charge in [0.15, 0.2) is 0 Å². The van der Waals surface area contributed by atoms with E-state index in [9.17, 15) is 14.0 Å². The van der Waals surface area contributed by atoms with Gasteiger partial charge in [0.25, 0.3) is 0 Å². The third kappa shape index (κ3) is 4.35. The Hall–Kier alpha value is -2.41. The first kappa shape index (κ1) is 20.3. The van der Waals surface area contributed by atoms with Crippen molar-refractivity contribution in [2.24, 2.45) is 5.73 Å². The number of hydrogen-bond donors (Lipinski definition) is 1. The standard InChI is InChI=1S/C21H22BrFN2O3/c1-14(15-3-2-4-17(22)13-15)25-12-11-21(28-20(25)27,10-9-19(24)26)16-5-7-18(23)8-6-16/h2-8,13-14H,9-12H2,1H3,(H2,24,26)/t14-,21?/m0/s1. The van der Waals surface area contributed by atoms with E-state index in [1.54, 1.807) is 17.0 Å². The number of carbonyl (C=O) groups excluding carboxylic acids is 2. The van der Waals surface area contributed by atoms with E-state index >= 15 is 0 Å². The summed E-state index contributed by atoms with van der Waals surface area (Å²) >= 11 is 3.45. The first-order chi connectivity index (χ1) is 13.3. The van der Waals surface area contributed by atoms with Gasteiger partial charge in [-0.1, -0.05) is 40.2 Å². The smallest absolute Gasteiger partial charge is 0.411 e. The van der Waals surface area contributed by atoms with Crippen LogP contribution in [0.15, 0.2) is 53.0 Å². The Morgan fingerprint density at radius 3 is 2.64 bits per heavy atom. The number of cyclic esters (lactones) is 1. The summed E-state index contributed by atoms with van der Waals surface area (Å²) in [6.45, 7) is 2.39. The minimum Gasteiger partial charge on any atom is -0.438 e. The topological polar surface area (TPSA) is 72.6 Å². The van der Waals surface area contributed by atoms with Crippen LogP contribution >= 0.6 is 15.9 Å². The maximum Gasteiger partial charge on any atom is 0.411 e. The third-order valence-electron chi connectivity index (χ3n) is 5.22. The molecule has 1 aliphatic heterocycles. The fraction of sp³-hybridized carbons (Fsp3) is 0.333. The van der Waals surface area contributed by atoms with Crippen molar-refractivity contribution in [3.8, 4) is 0 Å². The lowest BCUT2D eigenvalue weighted by Crippen LogP contribution is -2.49. The van der Waals surface area contributed by atoms with Gasteiger partial charge in [-0.3, -0.25) is 4.79 Å².